The highest BCUT2D eigenvalue weighted by Gasteiger charge is 2.14. The number of ether oxygens (including phenoxy) is 2. The second kappa shape index (κ2) is 8.00. The van der Waals surface area contributed by atoms with E-state index in [4.69, 9.17) is 9.47 Å². The van der Waals surface area contributed by atoms with Gasteiger partial charge >= 0.3 is 0 Å². The summed E-state index contributed by atoms with van der Waals surface area (Å²) in [5.74, 6) is 1.96. The Labute approximate surface area is 171 Å². The lowest BCUT2D eigenvalue weighted by Gasteiger charge is -2.08. The third kappa shape index (κ3) is 3.84. The summed E-state index contributed by atoms with van der Waals surface area (Å²) in [5, 5.41) is 12.0. The number of nitrogens with one attached hydrogen (secondary N) is 1. The van der Waals surface area contributed by atoms with Crippen LogP contribution in [-0.2, 0) is 5.75 Å². The van der Waals surface area contributed by atoms with Crippen LogP contribution in [0.5, 0.6) is 11.5 Å². The first kappa shape index (κ1) is 19.1. The van der Waals surface area contributed by atoms with Gasteiger partial charge in [0.05, 0.1) is 19.9 Å². The van der Waals surface area contributed by atoms with E-state index in [1.54, 1.807) is 24.8 Å². The summed E-state index contributed by atoms with van der Waals surface area (Å²) in [6.45, 7) is 2.06. The second-order valence-corrected chi connectivity index (χ2v) is 7.45. The van der Waals surface area contributed by atoms with E-state index in [2.05, 4.69) is 46.5 Å². The van der Waals surface area contributed by atoms with Crippen LogP contribution < -0.4 is 15.0 Å². The largest absolute Gasteiger partial charge is 0.493 e. The van der Waals surface area contributed by atoms with Gasteiger partial charge in [0.15, 0.2) is 11.5 Å². The number of fused-ring (bicyclic) bond motifs is 1. The van der Waals surface area contributed by atoms with Crippen LogP contribution in [-0.4, -0.2) is 34.0 Å². The fourth-order valence-corrected chi connectivity index (χ4v) is 3.81. The van der Waals surface area contributed by atoms with Gasteiger partial charge in [-0.1, -0.05) is 41.6 Å². The molecule has 0 saturated heterocycles. The molecule has 4 rings (SSSR count). The number of methoxy groups -OCH3 is 2. The third-order valence-electron chi connectivity index (χ3n) is 4.54. The fourth-order valence-electron chi connectivity index (χ4n) is 2.95. The maximum absolute atomic E-state index is 12.3. The van der Waals surface area contributed by atoms with Gasteiger partial charge in [0.2, 0.25) is 5.16 Å². The average molecular weight is 408 g/mol. The molecule has 0 unspecified atom stereocenters. The monoisotopic (exact) mass is 408 g/mol. The first-order chi connectivity index (χ1) is 14.1. The zero-order chi connectivity index (χ0) is 20.4. The average Bonchev–Trinajstić information content (AvgIpc) is 3.20. The van der Waals surface area contributed by atoms with Gasteiger partial charge in [-0.3, -0.25) is 4.79 Å². The molecule has 0 saturated carbocycles. The molecule has 7 nitrogen and oxygen atoms in total. The van der Waals surface area contributed by atoms with Crippen molar-refractivity contribution in [3.8, 4) is 22.8 Å². The minimum atomic E-state index is -0.288. The number of aromatic nitrogens is 4. The molecule has 0 aliphatic rings. The molecule has 148 valence electrons. The molecule has 8 heteroatoms. The predicted molar refractivity (Wildman–Crippen MR) is 113 cm³/mol. The van der Waals surface area contributed by atoms with Gasteiger partial charge < -0.3 is 9.47 Å². The highest BCUT2D eigenvalue weighted by molar-refractivity contribution is 7.98. The van der Waals surface area contributed by atoms with Crippen molar-refractivity contribution in [2.24, 2.45) is 0 Å². The molecule has 2 aromatic carbocycles. The van der Waals surface area contributed by atoms with Crippen LogP contribution in [0.1, 0.15) is 11.1 Å². The molecule has 0 aliphatic carbocycles. The summed E-state index contributed by atoms with van der Waals surface area (Å²) in [7, 11) is 3.17. The van der Waals surface area contributed by atoms with E-state index < -0.39 is 0 Å². The quantitative estimate of drug-likeness (QED) is 0.490. The number of nitrogens with zero attached hydrogens (tertiary/aromatic N) is 3. The molecule has 0 radical (unpaired) electrons. The highest BCUT2D eigenvalue weighted by atomic mass is 32.2. The first-order valence-corrected chi connectivity index (χ1v) is 9.97. The Kier molecular flexibility index (Phi) is 5.26. The number of hydrogen-bond donors (Lipinski definition) is 1. The molecule has 1 N–H and O–H groups in total. The summed E-state index contributed by atoms with van der Waals surface area (Å²) in [5.41, 5.74) is 4.02. The van der Waals surface area contributed by atoms with E-state index in [1.807, 2.05) is 18.2 Å². The van der Waals surface area contributed by atoms with Crippen molar-refractivity contribution in [2.75, 3.05) is 14.2 Å². The summed E-state index contributed by atoms with van der Waals surface area (Å²) in [6.07, 6.45) is 0. The molecule has 0 spiro atoms. The molecule has 0 aliphatic heterocycles. The second-order valence-electron chi connectivity index (χ2n) is 6.51. The van der Waals surface area contributed by atoms with Gasteiger partial charge in [-0.05, 0) is 36.8 Å². The molecule has 0 fully saturated rings. The first-order valence-electron chi connectivity index (χ1n) is 8.98. The molecule has 4 aromatic rings. The Morgan fingerprint density at radius 3 is 2.52 bits per heavy atom. The zero-order valence-corrected chi connectivity index (χ0v) is 17.1. The fraction of sp³-hybridized carbons (Fsp3) is 0.190. The van der Waals surface area contributed by atoms with Crippen LogP contribution >= 0.6 is 11.8 Å². The molecular formula is C21H20N4O3S. The van der Waals surface area contributed by atoms with Crippen LogP contribution in [0.15, 0.2) is 58.5 Å². The van der Waals surface area contributed by atoms with Crippen LogP contribution in [0, 0.1) is 6.92 Å². The van der Waals surface area contributed by atoms with E-state index in [0.29, 0.717) is 27.9 Å². The Hall–Kier alpha value is -3.26. The SMILES string of the molecule is COc1ccc(-c2cc3c(=O)[nH]nc(SCc4ccc(C)cc4)n3n2)cc1OC. The lowest BCUT2D eigenvalue weighted by atomic mass is 10.1. The highest BCUT2D eigenvalue weighted by Crippen LogP contribution is 2.32. The van der Waals surface area contributed by atoms with Crippen LogP contribution in [0.2, 0.25) is 0 Å². The van der Waals surface area contributed by atoms with Crippen molar-refractivity contribution >= 4 is 17.3 Å². The lowest BCUT2D eigenvalue weighted by molar-refractivity contribution is 0.355. The number of aryl methyl sites for hydroxylation is 1. The number of rotatable bonds is 6. The van der Waals surface area contributed by atoms with Gasteiger partial charge in [0.1, 0.15) is 5.52 Å². The summed E-state index contributed by atoms with van der Waals surface area (Å²) in [6, 6.07) is 15.6. The smallest absolute Gasteiger partial charge is 0.290 e. The number of H-pyrrole nitrogens is 1. The Bertz CT molecular complexity index is 1220. The van der Waals surface area contributed by atoms with Crippen molar-refractivity contribution < 1.29 is 9.47 Å². The maximum atomic E-state index is 12.3. The van der Waals surface area contributed by atoms with Crippen molar-refractivity contribution in [1.29, 1.82) is 0 Å². The normalized spacial score (nSPS) is 11.0. The molecule has 0 bridgehead atoms. The van der Waals surface area contributed by atoms with Gasteiger partial charge in [0, 0.05) is 11.3 Å². The van der Waals surface area contributed by atoms with Gasteiger partial charge in [-0.2, -0.15) is 5.10 Å². The third-order valence-corrected chi connectivity index (χ3v) is 5.54. The van der Waals surface area contributed by atoms with E-state index in [1.165, 1.54) is 22.9 Å². The predicted octanol–water partition coefficient (Wildman–Crippen LogP) is 3.70. The van der Waals surface area contributed by atoms with Crippen LogP contribution in [0.25, 0.3) is 16.8 Å². The van der Waals surface area contributed by atoms with Crippen molar-refractivity contribution in [1.82, 2.24) is 19.8 Å². The Morgan fingerprint density at radius 1 is 1.03 bits per heavy atom. The molecule has 0 atom stereocenters. The topological polar surface area (TPSA) is 81.5 Å². The van der Waals surface area contributed by atoms with Gasteiger partial charge in [-0.25, -0.2) is 9.61 Å². The van der Waals surface area contributed by atoms with Gasteiger partial charge in [0.25, 0.3) is 5.56 Å². The Morgan fingerprint density at radius 2 is 1.79 bits per heavy atom. The minimum absolute atomic E-state index is 0.288. The molecule has 2 heterocycles. The van der Waals surface area contributed by atoms with E-state index in [0.717, 1.165) is 11.3 Å². The molecule has 0 amide bonds. The maximum Gasteiger partial charge on any atom is 0.290 e. The van der Waals surface area contributed by atoms with E-state index >= 15 is 0 Å². The van der Waals surface area contributed by atoms with Crippen molar-refractivity contribution in [3.63, 3.8) is 0 Å². The Balaban J connectivity index is 1.70. The van der Waals surface area contributed by atoms with Crippen molar-refractivity contribution in [2.45, 2.75) is 17.8 Å². The van der Waals surface area contributed by atoms with Crippen LogP contribution in [0.3, 0.4) is 0 Å². The standard InChI is InChI=1S/C21H20N4O3S/c1-13-4-6-14(7-5-13)12-29-21-23-22-20(26)17-11-16(24-25(17)21)15-8-9-18(27-2)19(10-15)28-3/h4-11H,12H2,1-3H3,(H,22,26). The number of hydrogen-bond acceptors (Lipinski definition) is 6. The van der Waals surface area contributed by atoms with Gasteiger partial charge in [-0.15, -0.1) is 5.10 Å². The summed E-state index contributed by atoms with van der Waals surface area (Å²) in [4.78, 5) is 12.3. The van der Waals surface area contributed by atoms with Crippen molar-refractivity contribution in [3.05, 3.63) is 70.0 Å². The zero-order valence-electron chi connectivity index (χ0n) is 16.3. The van der Waals surface area contributed by atoms with E-state index in [-0.39, 0.29) is 5.56 Å². The summed E-state index contributed by atoms with van der Waals surface area (Å²) < 4.78 is 12.2. The lowest BCUT2D eigenvalue weighted by Crippen LogP contribution is -2.13. The number of thioether (sulfide) groups is 1. The number of benzene rings is 2. The summed E-state index contributed by atoms with van der Waals surface area (Å²) >= 11 is 1.51. The minimum Gasteiger partial charge on any atom is -0.493 e. The number of aromatic amines is 1. The van der Waals surface area contributed by atoms with E-state index in [9.17, 15) is 4.79 Å². The molecule has 29 heavy (non-hydrogen) atoms. The van der Waals surface area contributed by atoms with Crippen LogP contribution in [0.4, 0.5) is 0 Å². The molecular weight excluding hydrogens is 388 g/mol. The molecule has 2 aromatic heterocycles.